The van der Waals surface area contributed by atoms with Gasteiger partial charge in [0.25, 0.3) is 0 Å². The number of nitrogen functional groups attached to an aromatic ring is 1. The molecule has 3 nitrogen and oxygen atoms in total. The van der Waals surface area contributed by atoms with Crippen molar-refractivity contribution in [3.05, 3.63) is 47.5 Å². The van der Waals surface area contributed by atoms with E-state index in [2.05, 4.69) is 21.7 Å². The third kappa shape index (κ3) is 2.05. The molecule has 0 saturated heterocycles. The van der Waals surface area contributed by atoms with E-state index in [9.17, 15) is 0 Å². The first-order chi connectivity index (χ1) is 8.33. The lowest BCUT2D eigenvalue weighted by Gasteiger charge is -2.14. The van der Waals surface area contributed by atoms with Crippen molar-refractivity contribution < 1.29 is 0 Å². The quantitative estimate of drug-likeness (QED) is 0.801. The van der Waals surface area contributed by atoms with Crippen LogP contribution in [0.25, 0.3) is 0 Å². The third-order valence-electron chi connectivity index (χ3n) is 3.44. The molecule has 17 heavy (non-hydrogen) atoms. The number of nitrogens with two attached hydrogens (primary N) is 1. The van der Waals surface area contributed by atoms with Crippen LogP contribution in [0.5, 0.6) is 0 Å². The number of benzene rings is 1. The smallest absolute Gasteiger partial charge is 0.0954 e. The Morgan fingerprint density at radius 2 is 1.88 bits per heavy atom. The maximum atomic E-state index is 5.69. The molecule has 3 heteroatoms. The molecule has 0 bridgehead atoms. The zero-order valence-electron chi connectivity index (χ0n) is 9.89. The largest absolute Gasteiger partial charge is 0.399 e. The zero-order valence-corrected chi connectivity index (χ0v) is 9.89. The Morgan fingerprint density at radius 3 is 2.71 bits per heavy atom. The van der Waals surface area contributed by atoms with E-state index in [-0.39, 0.29) is 0 Å². The molecule has 3 rings (SSSR count). The van der Waals surface area contributed by atoms with Crippen molar-refractivity contribution in [2.45, 2.75) is 32.2 Å². The van der Waals surface area contributed by atoms with E-state index in [1.165, 1.54) is 36.2 Å². The molecule has 0 atom stereocenters. The Balaban J connectivity index is 1.85. The Kier molecular flexibility index (Phi) is 2.59. The van der Waals surface area contributed by atoms with E-state index in [1.54, 1.807) is 0 Å². The van der Waals surface area contributed by atoms with E-state index < -0.39 is 0 Å². The fourth-order valence-electron chi connectivity index (χ4n) is 2.49. The second kappa shape index (κ2) is 4.24. The lowest BCUT2D eigenvalue weighted by Crippen LogP contribution is -2.09. The summed E-state index contributed by atoms with van der Waals surface area (Å²) in [5.74, 6) is 0. The first kappa shape index (κ1) is 10.4. The maximum absolute atomic E-state index is 5.69. The van der Waals surface area contributed by atoms with Gasteiger partial charge >= 0.3 is 0 Å². The Morgan fingerprint density at radius 1 is 1.12 bits per heavy atom. The summed E-state index contributed by atoms with van der Waals surface area (Å²) in [4.78, 5) is 4.51. The van der Waals surface area contributed by atoms with Crippen molar-refractivity contribution in [3.8, 4) is 0 Å². The van der Waals surface area contributed by atoms with Gasteiger partial charge in [0, 0.05) is 17.9 Å². The lowest BCUT2D eigenvalue weighted by atomic mass is 10.0. The van der Waals surface area contributed by atoms with Crippen LogP contribution in [0, 0.1) is 0 Å². The summed E-state index contributed by atoms with van der Waals surface area (Å²) >= 11 is 0. The van der Waals surface area contributed by atoms with Crippen LogP contribution in [-0.2, 0) is 19.4 Å². The van der Waals surface area contributed by atoms with Crippen LogP contribution in [0.2, 0.25) is 0 Å². The molecule has 2 aromatic rings. The number of aromatic nitrogens is 2. The third-order valence-corrected chi connectivity index (χ3v) is 3.44. The molecule has 0 saturated carbocycles. The average Bonchev–Trinajstić information content (AvgIpc) is 2.76. The molecule has 1 aromatic heterocycles. The molecule has 88 valence electrons. The Bertz CT molecular complexity index is 511. The first-order valence-corrected chi connectivity index (χ1v) is 6.20. The Hall–Kier alpha value is -1.77. The first-order valence-electron chi connectivity index (χ1n) is 6.20. The maximum Gasteiger partial charge on any atom is 0.0954 e. The molecule has 0 radical (unpaired) electrons. The van der Waals surface area contributed by atoms with E-state index in [0.29, 0.717) is 0 Å². The minimum absolute atomic E-state index is 0.821. The number of hydrogen-bond donors (Lipinski definition) is 1. The van der Waals surface area contributed by atoms with Crippen LogP contribution in [0.1, 0.15) is 29.8 Å². The predicted molar refractivity (Wildman–Crippen MR) is 68.8 cm³/mol. The van der Waals surface area contributed by atoms with Gasteiger partial charge in [-0.3, -0.25) is 0 Å². The van der Waals surface area contributed by atoms with Crippen molar-refractivity contribution in [1.82, 2.24) is 9.55 Å². The second-order valence-corrected chi connectivity index (χ2v) is 4.71. The predicted octanol–water partition coefficient (Wildman–Crippen LogP) is 2.39. The highest BCUT2D eigenvalue weighted by Crippen LogP contribution is 2.20. The molecule has 0 spiro atoms. The molecule has 0 fully saturated rings. The SMILES string of the molecule is Nc1ccc(Cn2cnc3c2CCCC3)cc1. The topological polar surface area (TPSA) is 43.8 Å². The molecule has 0 unspecified atom stereocenters. The molecular weight excluding hydrogens is 210 g/mol. The summed E-state index contributed by atoms with van der Waals surface area (Å²) in [6.07, 6.45) is 6.87. The van der Waals surface area contributed by atoms with Gasteiger partial charge in [0.05, 0.1) is 12.0 Å². The summed E-state index contributed by atoms with van der Waals surface area (Å²) in [5.41, 5.74) is 10.5. The van der Waals surface area contributed by atoms with E-state index in [0.717, 1.165) is 18.7 Å². The summed E-state index contributed by atoms with van der Waals surface area (Å²) < 4.78 is 2.28. The highest BCUT2D eigenvalue weighted by Gasteiger charge is 2.14. The van der Waals surface area contributed by atoms with Gasteiger partial charge in [-0.15, -0.1) is 0 Å². The standard InChI is InChI=1S/C14H17N3/c15-12-7-5-11(6-8-12)9-17-10-16-13-3-1-2-4-14(13)17/h5-8,10H,1-4,9,15H2. The number of anilines is 1. The van der Waals surface area contributed by atoms with Crippen molar-refractivity contribution in [2.24, 2.45) is 0 Å². The number of aryl methyl sites for hydroxylation is 1. The van der Waals surface area contributed by atoms with Crippen LogP contribution < -0.4 is 5.73 Å². The molecule has 1 heterocycles. The minimum Gasteiger partial charge on any atom is -0.399 e. The van der Waals surface area contributed by atoms with E-state index >= 15 is 0 Å². The van der Waals surface area contributed by atoms with Gasteiger partial charge in [0.2, 0.25) is 0 Å². The van der Waals surface area contributed by atoms with Gasteiger partial charge < -0.3 is 10.3 Å². The van der Waals surface area contributed by atoms with Crippen LogP contribution in [0.3, 0.4) is 0 Å². The van der Waals surface area contributed by atoms with Crippen LogP contribution in [0.4, 0.5) is 5.69 Å². The molecule has 1 aliphatic carbocycles. The van der Waals surface area contributed by atoms with E-state index in [4.69, 9.17) is 5.73 Å². The van der Waals surface area contributed by atoms with Crippen LogP contribution in [-0.4, -0.2) is 9.55 Å². The second-order valence-electron chi connectivity index (χ2n) is 4.71. The fourth-order valence-corrected chi connectivity index (χ4v) is 2.49. The molecule has 1 aliphatic rings. The van der Waals surface area contributed by atoms with Crippen molar-refractivity contribution in [2.75, 3.05) is 5.73 Å². The normalized spacial score (nSPS) is 14.6. The fraction of sp³-hybridized carbons (Fsp3) is 0.357. The number of rotatable bonds is 2. The van der Waals surface area contributed by atoms with Gasteiger partial charge in [-0.1, -0.05) is 12.1 Å². The monoisotopic (exact) mass is 227 g/mol. The van der Waals surface area contributed by atoms with Gasteiger partial charge in [0.15, 0.2) is 0 Å². The molecule has 0 aliphatic heterocycles. The van der Waals surface area contributed by atoms with Crippen LogP contribution in [0.15, 0.2) is 30.6 Å². The number of nitrogens with zero attached hydrogens (tertiary/aromatic N) is 2. The van der Waals surface area contributed by atoms with Gasteiger partial charge in [-0.2, -0.15) is 0 Å². The van der Waals surface area contributed by atoms with Crippen LogP contribution >= 0.6 is 0 Å². The van der Waals surface area contributed by atoms with E-state index in [1.807, 2.05) is 18.5 Å². The summed E-state index contributed by atoms with van der Waals surface area (Å²) in [6.45, 7) is 0.905. The average molecular weight is 227 g/mol. The summed E-state index contributed by atoms with van der Waals surface area (Å²) in [5, 5.41) is 0. The highest BCUT2D eigenvalue weighted by molar-refractivity contribution is 5.39. The lowest BCUT2D eigenvalue weighted by molar-refractivity contribution is 0.628. The Labute approximate surface area is 101 Å². The van der Waals surface area contributed by atoms with Gasteiger partial charge in [-0.05, 0) is 43.4 Å². The van der Waals surface area contributed by atoms with Gasteiger partial charge in [0.1, 0.15) is 0 Å². The number of hydrogen-bond acceptors (Lipinski definition) is 2. The summed E-state index contributed by atoms with van der Waals surface area (Å²) in [7, 11) is 0. The van der Waals surface area contributed by atoms with Gasteiger partial charge in [-0.25, -0.2) is 4.98 Å². The number of imidazole rings is 1. The molecule has 1 aromatic carbocycles. The van der Waals surface area contributed by atoms with Crippen molar-refractivity contribution >= 4 is 5.69 Å². The van der Waals surface area contributed by atoms with Crippen molar-refractivity contribution in [1.29, 1.82) is 0 Å². The molecule has 2 N–H and O–H groups in total. The molecular formula is C14H17N3. The van der Waals surface area contributed by atoms with Crippen molar-refractivity contribution in [3.63, 3.8) is 0 Å². The minimum atomic E-state index is 0.821. The summed E-state index contributed by atoms with van der Waals surface area (Å²) in [6, 6.07) is 8.09. The molecule has 0 amide bonds. The number of fused-ring (bicyclic) bond motifs is 1. The highest BCUT2D eigenvalue weighted by atomic mass is 15.1. The zero-order chi connectivity index (χ0) is 11.7.